The summed E-state index contributed by atoms with van der Waals surface area (Å²) in [5, 5.41) is 9.87. The quantitative estimate of drug-likeness (QED) is 0.805. The maximum atomic E-state index is 12.9. The highest BCUT2D eigenvalue weighted by atomic mass is 16.5. The van der Waals surface area contributed by atoms with Crippen LogP contribution in [-0.4, -0.2) is 27.2 Å². The lowest BCUT2D eigenvalue weighted by molar-refractivity contribution is -0.143. The lowest BCUT2D eigenvalue weighted by Gasteiger charge is -2.33. The zero-order chi connectivity index (χ0) is 18.9. The first-order valence-electron chi connectivity index (χ1n) is 8.85. The molecule has 0 aliphatic carbocycles. The minimum Gasteiger partial charge on any atom is -0.466 e. The van der Waals surface area contributed by atoms with Gasteiger partial charge in [0.25, 0.3) is 17.4 Å². The number of anilines is 2. The third kappa shape index (κ3) is 3.05. The fourth-order valence-electron chi connectivity index (χ4n) is 3.06. The van der Waals surface area contributed by atoms with E-state index < -0.39 is 17.4 Å². The van der Waals surface area contributed by atoms with Gasteiger partial charge in [-0.2, -0.15) is 5.10 Å². The van der Waals surface area contributed by atoms with Gasteiger partial charge in [0.05, 0.1) is 17.9 Å². The Morgan fingerprint density at radius 2 is 2.08 bits per heavy atom. The van der Waals surface area contributed by atoms with E-state index >= 15 is 0 Å². The van der Waals surface area contributed by atoms with E-state index in [4.69, 9.17) is 4.74 Å². The summed E-state index contributed by atoms with van der Waals surface area (Å²) in [5.41, 5.74) is -0.0946. The fourth-order valence-corrected chi connectivity index (χ4v) is 3.06. The van der Waals surface area contributed by atoms with Crippen LogP contribution in [0.1, 0.15) is 45.2 Å². The van der Waals surface area contributed by atoms with Crippen molar-refractivity contribution in [1.29, 1.82) is 0 Å². The highest BCUT2D eigenvalue weighted by Gasteiger charge is 2.47. The summed E-state index contributed by atoms with van der Waals surface area (Å²) in [5.74, 6) is -0.00647. The molecule has 1 atom stereocenters. The molecule has 1 unspecified atom stereocenters. The van der Waals surface area contributed by atoms with Crippen LogP contribution in [0.4, 0.5) is 11.5 Å². The molecular formula is C19H24N4O3. The molecular weight excluding hydrogens is 332 g/mol. The lowest BCUT2D eigenvalue weighted by atomic mass is 10.0. The molecule has 26 heavy (non-hydrogen) atoms. The summed E-state index contributed by atoms with van der Waals surface area (Å²) < 4.78 is 7.57. The van der Waals surface area contributed by atoms with Gasteiger partial charge in [0.1, 0.15) is 11.6 Å². The van der Waals surface area contributed by atoms with E-state index in [1.807, 2.05) is 19.1 Å². The molecule has 138 valence electrons. The standard InChI is InChI=1S/C19H24N4O3/c1-5-13(6-2)23-16(9-10-20-23)22-18(25)19(4)17(24)21-14-11-12(3)7-8-15(14)26-19/h7-11,13H,5-6H2,1-4H3,(H,21,24)(H,22,25). The highest BCUT2D eigenvalue weighted by Crippen LogP contribution is 2.35. The molecule has 2 heterocycles. The number of rotatable bonds is 5. The average Bonchev–Trinajstić information content (AvgIpc) is 3.05. The molecule has 7 nitrogen and oxygen atoms in total. The van der Waals surface area contributed by atoms with Crippen molar-refractivity contribution < 1.29 is 14.3 Å². The van der Waals surface area contributed by atoms with Crippen LogP contribution < -0.4 is 15.4 Å². The number of aromatic nitrogens is 2. The molecule has 0 saturated carbocycles. The zero-order valence-corrected chi connectivity index (χ0v) is 15.5. The second-order valence-corrected chi connectivity index (χ2v) is 6.67. The minimum absolute atomic E-state index is 0.179. The monoisotopic (exact) mass is 356 g/mol. The number of hydrogen-bond acceptors (Lipinski definition) is 4. The number of nitrogens with one attached hydrogen (secondary N) is 2. The van der Waals surface area contributed by atoms with E-state index in [1.54, 1.807) is 23.0 Å². The summed E-state index contributed by atoms with van der Waals surface area (Å²) in [6, 6.07) is 7.34. The van der Waals surface area contributed by atoms with Crippen molar-refractivity contribution in [3.8, 4) is 5.75 Å². The van der Waals surface area contributed by atoms with Gasteiger partial charge in [-0.3, -0.25) is 9.59 Å². The molecule has 0 radical (unpaired) electrons. The number of carbonyl (C=O) groups excluding carboxylic acids is 2. The second-order valence-electron chi connectivity index (χ2n) is 6.67. The smallest absolute Gasteiger partial charge is 0.279 e. The third-order valence-electron chi connectivity index (χ3n) is 4.76. The number of amides is 2. The lowest BCUT2D eigenvalue weighted by Crippen LogP contribution is -2.56. The Bertz CT molecular complexity index is 841. The number of hydrogen-bond donors (Lipinski definition) is 2. The first-order valence-corrected chi connectivity index (χ1v) is 8.85. The van der Waals surface area contributed by atoms with Crippen LogP contribution in [0, 0.1) is 6.92 Å². The number of carbonyl (C=O) groups is 2. The van der Waals surface area contributed by atoms with Crippen molar-refractivity contribution in [3.05, 3.63) is 36.0 Å². The minimum atomic E-state index is -1.66. The fraction of sp³-hybridized carbons (Fsp3) is 0.421. The van der Waals surface area contributed by atoms with Gasteiger partial charge < -0.3 is 15.4 Å². The van der Waals surface area contributed by atoms with Crippen LogP contribution in [0.3, 0.4) is 0 Å². The summed E-state index contributed by atoms with van der Waals surface area (Å²) in [6.45, 7) is 7.53. The van der Waals surface area contributed by atoms with Gasteiger partial charge >= 0.3 is 0 Å². The molecule has 2 aromatic rings. The van der Waals surface area contributed by atoms with Gasteiger partial charge in [-0.25, -0.2) is 4.68 Å². The Balaban J connectivity index is 1.85. The molecule has 1 aliphatic rings. The third-order valence-corrected chi connectivity index (χ3v) is 4.76. The van der Waals surface area contributed by atoms with Gasteiger partial charge in [-0.15, -0.1) is 0 Å². The van der Waals surface area contributed by atoms with Gasteiger partial charge in [0.2, 0.25) is 0 Å². The maximum Gasteiger partial charge on any atom is 0.279 e. The van der Waals surface area contributed by atoms with Crippen LogP contribution in [0.15, 0.2) is 30.5 Å². The number of ether oxygens (including phenoxy) is 1. The number of benzene rings is 1. The highest BCUT2D eigenvalue weighted by molar-refractivity contribution is 6.18. The number of nitrogens with zero attached hydrogens (tertiary/aromatic N) is 2. The van der Waals surface area contributed by atoms with Crippen LogP contribution in [0.5, 0.6) is 5.75 Å². The topological polar surface area (TPSA) is 85.2 Å². The van der Waals surface area contributed by atoms with E-state index in [-0.39, 0.29) is 6.04 Å². The Morgan fingerprint density at radius 1 is 1.35 bits per heavy atom. The molecule has 2 N–H and O–H groups in total. The molecule has 1 aromatic heterocycles. The van der Waals surface area contributed by atoms with Crippen molar-refractivity contribution in [1.82, 2.24) is 9.78 Å². The summed E-state index contributed by atoms with van der Waals surface area (Å²) >= 11 is 0. The maximum absolute atomic E-state index is 12.9. The SMILES string of the molecule is CCC(CC)n1nccc1NC(=O)C1(C)Oc2ccc(C)cc2NC1=O. The second kappa shape index (κ2) is 6.82. The molecule has 0 bridgehead atoms. The van der Waals surface area contributed by atoms with Gasteiger partial charge in [0.15, 0.2) is 0 Å². The first-order chi connectivity index (χ1) is 12.4. The largest absolute Gasteiger partial charge is 0.466 e. The first kappa shape index (κ1) is 18.0. The predicted octanol–water partition coefficient (Wildman–Crippen LogP) is 3.28. The molecule has 3 rings (SSSR count). The van der Waals surface area contributed by atoms with Crippen molar-refractivity contribution in [2.75, 3.05) is 10.6 Å². The molecule has 7 heteroatoms. The van der Waals surface area contributed by atoms with E-state index in [9.17, 15) is 9.59 Å². The molecule has 0 fully saturated rings. The number of aryl methyl sites for hydroxylation is 1. The van der Waals surface area contributed by atoms with Crippen molar-refractivity contribution >= 4 is 23.3 Å². The average molecular weight is 356 g/mol. The molecule has 0 saturated heterocycles. The van der Waals surface area contributed by atoms with E-state index in [0.29, 0.717) is 17.3 Å². The van der Waals surface area contributed by atoms with E-state index in [0.717, 1.165) is 18.4 Å². The van der Waals surface area contributed by atoms with Gasteiger partial charge in [-0.05, 0) is 44.4 Å². The van der Waals surface area contributed by atoms with Crippen LogP contribution in [-0.2, 0) is 9.59 Å². The summed E-state index contributed by atoms with van der Waals surface area (Å²) in [7, 11) is 0. The summed E-state index contributed by atoms with van der Waals surface area (Å²) in [6.07, 6.45) is 3.42. The predicted molar refractivity (Wildman–Crippen MR) is 99.3 cm³/mol. The molecule has 2 amide bonds. The zero-order valence-electron chi connectivity index (χ0n) is 15.5. The van der Waals surface area contributed by atoms with Crippen LogP contribution in [0.25, 0.3) is 0 Å². The Kier molecular flexibility index (Phi) is 4.71. The van der Waals surface area contributed by atoms with Crippen LogP contribution >= 0.6 is 0 Å². The Hall–Kier alpha value is -2.83. The van der Waals surface area contributed by atoms with Crippen molar-refractivity contribution in [2.45, 2.75) is 52.2 Å². The Labute approximate surface area is 152 Å². The molecule has 1 aromatic carbocycles. The van der Waals surface area contributed by atoms with Gasteiger partial charge in [0, 0.05) is 6.07 Å². The van der Waals surface area contributed by atoms with Crippen molar-refractivity contribution in [3.63, 3.8) is 0 Å². The van der Waals surface area contributed by atoms with Crippen LogP contribution in [0.2, 0.25) is 0 Å². The number of fused-ring (bicyclic) bond motifs is 1. The van der Waals surface area contributed by atoms with Gasteiger partial charge in [-0.1, -0.05) is 19.9 Å². The Morgan fingerprint density at radius 3 is 2.77 bits per heavy atom. The normalized spacial score (nSPS) is 18.9. The van der Waals surface area contributed by atoms with E-state index in [1.165, 1.54) is 6.92 Å². The molecule has 1 aliphatic heterocycles. The van der Waals surface area contributed by atoms with E-state index in [2.05, 4.69) is 29.6 Å². The molecule has 0 spiro atoms. The van der Waals surface area contributed by atoms with Crippen molar-refractivity contribution in [2.24, 2.45) is 0 Å². The summed E-state index contributed by atoms with van der Waals surface area (Å²) in [4.78, 5) is 25.5.